The minimum Gasteiger partial charge on any atom is -0.361 e. The molecule has 4 nitrogen and oxygen atoms in total. The zero-order valence-corrected chi connectivity index (χ0v) is 14.3. The molecule has 1 aliphatic heterocycles. The van der Waals surface area contributed by atoms with Crippen LogP contribution in [0.25, 0.3) is 16.5 Å². The van der Waals surface area contributed by atoms with Gasteiger partial charge in [0.2, 0.25) is 10.0 Å². The molecule has 0 spiro atoms. The van der Waals surface area contributed by atoms with Crippen molar-refractivity contribution in [3.05, 3.63) is 72.2 Å². The summed E-state index contributed by atoms with van der Waals surface area (Å²) < 4.78 is 40.5. The molecule has 1 aliphatic rings. The second kappa shape index (κ2) is 6.13. The Morgan fingerprint density at radius 3 is 2.56 bits per heavy atom. The number of H-pyrrole nitrogens is 1. The van der Waals surface area contributed by atoms with Crippen molar-refractivity contribution in [2.75, 3.05) is 13.1 Å². The van der Waals surface area contributed by atoms with Gasteiger partial charge in [0.25, 0.3) is 0 Å². The third-order valence-corrected chi connectivity index (χ3v) is 6.46. The van der Waals surface area contributed by atoms with E-state index in [4.69, 9.17) is 0 Å². The van der Waals surface area contributed by atoms with Crippen LogP contribution in [-0.2, 0) is 10.0 Å². The summed E-state index contributed by atoms with van der Waals surface area (Å²) in [5.74, 6) is -0.714. The lowest BCUT2D eigenvalue weighted by molar-refractivity contribution is 0.436. The van der Waals surface area contributed by atoms with Crippen LogP contribution in [0.3, 0.4) is 0 Å². The predicted octanol–water partition coefficient (Wildman–Crippen LogP) is 3.79. The third kappa shape index (κ3) is 2.77. The summed E-state index contributed by atoms with van der Waals surface area (Å²) in [7, 11) is -3.82. The normalized spacial score (nSPS) is 16.1. The molecular weight excluding hydrogens is 339 g/mol. The number of halogens is 1. The first-order valence-corrected chi connectivity index (χ1v) is 9.51. The molecule has 0 fully saturated rings. The van der Waals surface area contributed by atoms with Crippen LogP contribution >= 0.6 is 0 Å². The van der Waals surface area contributed by atoms with Gasteiger partial charge in [0.1, 0.15) is 10.7 Å². The average Bonchev–Trinajstić information content (AvgIpc) is 3.06. The Morgan fingerprint density at radius 1 is 1.04 bits per heavy atom. The maximum absolute atomic E-state index is 13.9. The molecule has 0 atom stereocenters. The number of para-hydroxylation sites is 1. The molecule has 0 bridgehead atoms. The molecule has 0 saturated heterocycles. The van der Waals surface area contributed by atoms with Crippen LogP contribution in [0.1, 0.15) is 12.0 Å². The van der Waals surface area contributed by atoms with Crippen LogP contribution in [0, 0.1) is 5.82 Å². The van der Waals surface area contributed by atoms with E-state index in [0.717, 1.165) is 22.0 Å². The van der Waals surface area contributed by atoms with E-state index in [9.17, 15) is 12.8 Å². The number of rotatable bonds is 3. The number of aromatic amines is 1. The van der Waals surface area contributed by atoms with E-state index in [-0.39, 0.29) is 11.4 Å². The van der Waals surface area contributed by atoms with Crippen molar-refractivity contribution in [2.24, 2.45) is 0 Å². The Morgan fingerprint density at radius 2 is 1.80 bits per heavy atom. The fourth-order valence-electron chi connectivity index (χ4n) is 3.24. The molecule has 6 heteroatoms. The van der Waals surface area contributed by atoms with Crippen molar-refractivity contribution in [1.82, 2.24) is 9.29 Å². The molecule has 2 aromatic carbocycles. The van der Waals surface area contributed by atoms with E-state index in [1.165, 1.54) is 28.6 Å². The monoisotopic (exact) mass is 356 g/mol. The van der Waals surface area contributed by atoms with Crippen molar-refractivity contribution in [2.45, 2.75) is 11.3 Å². The zero-order valence-electron chi connectivity index (χ0n) is 13.4. The van der Waals surface area contributed by atoms with Gasteiger partial charge in [-0.25, -0.2) is 12.8 Å². The first kappa shape index (κ1) is 16.1. The second-order valence-corrected chi connectivity index (χ2v) is 7.93. The number of hydrogen-bond acceptors (Lipinski definition) is 2. The Balaban J connectivity index is 1.63. The van der Waals surface area contributed by atoms with Crippen LogP contribution in [0.4, 0.5) is 4.39 Å². The van der Waals surface area contributed by atoms with Gasteiger partial charge in [-0.15, -0.1) is 0 Å². The fourth-order valence-corrected chi connectivity index (χ4v) is 4.69. The molecule has 0 saturated carbocycles. The average molecular weight is 356 g/mol. The van der Waals surface area contributed by atoms with E-state index >= 15 is 0 Å². The van der Waals surface area contributed by atoms with Gasteiger partial charge in [0.15, 0.2) is 0 Å². The number of aromatic nitrogens is 1. The highest BCUT2D eigenvalue weighted by atomic mass is 32.2. The molecule has 0 amide bonds. The highest BCUT2D eigenvalue weighted by Crippen LogP contribution is 2.31. The highest BCUT2D eigenvalue weighted by Gasteiger charge is 2.29. The number of hydrogen-bond donors (Lipinski definition) is 1. The number of nitrogens with one attached hydrogen (secondary N) is 1. The van der Waals surface area contributed by atoms with Gasteiger partial charge in [-0.3, -0.25) is 0 Å². The zero-order chi connectivity index (χ0) is 17.4. The van der Waals surface area contributed by atoms with Crippen LogP contribution in [0.5, 0.6) is 0 Å². The summed E-state index contributed by atoms with van der Waals surface area (Å²) in [5, 5.41) is 1.12. The van der Waals surface area contributed by atoms with Crippen molar-refractivity contribution >= 4 is 26.5 Å². The van der Waals surface area contributed by atoms with Crippen molar-refractivity contribution in [3.8, 4) is 0 Å². The number of fused-ring (bicyclic) bond motifs is 1. The summed E-state index contributed by atoms with van der Waals surface area (Å²) in [6.45, 7) is 0.577. The molecule has 2 heterocycles. The van der Waals surface area contributed by atoms with E-state index in [2.05, 4.69) is 4.98 Å². The number of nitrogens with zero attached hydrogens (tertiary/aromatic N) is 1. The molecule has 25 heavy (non-hydrogen) atoms. The van der Waals surface area contributed by atoms with Crippen molar-refractivity contribution in [3.63, 3.8) is 0 Å². The van der Waals surface area contributed by atoms with E-state index in [0.29, 0.717) is 13.0 Å². The minimum atomic E-state index is -3.82. The minimum absolute atomic E-state index is 0.242. The first-order chi connectivity index (χ1) is 12.1. The summed E-state index contributed by atoms with van der Waals surface area (Å²) in [6, 6.07) is 13.5. The molecule has 1 aromatic heterocycles. The topological polar surface area (TPSA) is 53.2 Å². The van der Waals surface area contributed by atoms with Crippen LogP contribution in [-0.4, -0.2) is 30.8 Å². The maximum atomic E-state index is 13.9. The quantitative estimate of drug-likeness (QED) is 0.776. The van der Waals surface area contributed by atoms with Crippen LogP contribution in [0.2, 0.25) is 0 Å². The van der Waals surface area contributed by atoms with Gasteiger partial charge in [0, 0.05) is 35.8 Å². The fraction of sp³-hybridized carbons (Fsp3) is 0.158. The molecule has 0 radical (unpaired) electrons. The molecule has 0 unspecified atom stereocenters. The summed E-state index contributed by atoms with van der Waals surface area (Å²) >= 11 is 0. The lowest BCUT2D eigenvalue weighted by atomic mass is 10.00. The Bertz CT molecular complexity index is 1070. The second-order valence-electron chi connectivity index (χ2n) is 6.02. The standard InChI is InChI=1S/C19H17FN2O2S/c20-17-6-2-4-8-19(17)25(23,24)22-11-9-14(10-12-22)16-13-21-18-7-3-1-5-15(16)18/h1-9,13,21H,10-12H2. The van der Waals surface area contributed by atoms with Gasteiger partial charge >= 0.3 is 0 Å². The van der Waals surface area contributed by atoms with E-state index in [1.54, 1.807) is 0 Å². The van der Waals surface area contributed by atoms with E-state index < -0.39 is 15.8 Å². The van der Waals surface area contributed by atoms with Gasteiger partial charge in [-0.2, -0.15) is 4.31 Å². The third-order valence-electron chi connectivity index (χ3n) is 4.56. The van der Waals surface area contributed by atoms with Gasteiger partial charge in [-0.05, 0) is 30.2 Å². The van der Waals surface area contributed by atoms with Gasteiger partial charge < -0.3 is 4.98 Å². The lowest BCUT2D eigenvalue weighted by Gasteiger charge is -2.26. The Labute approximate surface area is 145 Å². The smallest absolute Gasteiger partial charge is 0.246 e. The lowest BCUT2D eigenvalue weighted by Crippen LogP contribution is -2.35. The molecule has 0 aliphatic carbocycles. The van der Waals surface area contributed by atoms with Crippen molar-refractivity contribution in [1.29, 1.82) is 0 Å². The summed E-state index contributed by atoms with van der Waals surface area (Å²) in [6.07, 6.45) is 4.46. The first-order valence-electron chi connectivity index (χ1n) is 8.07. The number of sulfonamides is 1. The summed E-state index contributed by atoms with van der Waals surface area (Å²) in [4.78, 5) is 2.97. The maximum Gasteiger partial charge on any atom is 0.246 e. The Hall–Kier alpha value is -2.44. The van der Waals surface area contributed by atoms with Crippen LogP contribution < -0.4 is 0 Å². The largest absolute Gasteiger partial charge is 0.361 e. The van der Waals surface area contributed by atoms with Crippen LogP contribution in [0.15, 0.2) is 65.7 Å². The predicted molar refractivity (Wildman–Crippen MR) is 96.1 cm³/mol. The number of benzene rings is 2. The Kier molecular flexibility index (Phi) is 3.94. The van der Waals surface area contributed by atoms with E-state index in [1.807, 2.05) is 36.5 Å². The van der Waals surface area contributed by atoms with Gasteiger partial charge in [-0.1, -0.05) is 36.4 Å². The molecule has 3 aromatic rings. The summed E-state index contributed by atoms with van der Waals surface area (Å²) in [5.41, 5.74) is 3.26. The van der Waals surface area contributed by atoms with Crippen molar-refractivity contribution < 1.29 is 12.8 Å². The SMILES string of the molecule is O=S(=O)(c1ccccc1F)N1CC=C(c2c[nH]c3ccccc23)CC1. The molecule has 128 valence electrons. The highest BCUT2D eigenvalue weighted by molar-refractivity contribution is 7.89. The van der Waals surface area contributed by atoms with Gasteiger partial charge in [0.05, 0.1) is 0 Å². The molecule has 4 rings (SSSR count). The molecular formula is C19H17FN2O2S. The molecule has 1 N–H and O–H groups in total.